The molecule has 1 atom stereocenters. The molecule has 14 heavy (non-hydrogen) atoms. The van der Waals surface area contributed by atoms with Crippen molar-refractivity contribution in [3.63, 3.8) is 0 Å². The molecule has 2 aromatic rings. The number of aromatic nitrogens is 1. The molecule has 1 aliphatic heterocycles. The van der Waals surface area contributed by atoms with E-state index in [1.165, 1.54) is 6.07 Å². The van der Waals surface area contributed by atoms with Crippen LogP contribution < -0.4 is 5.32 Å². The molecular weight excluding hydrogens is 179 g/mol. The van der Waals surface area contributed by atoms with Crippen molar-refractivity contribution in [3.05, 3.63) is 35.8 Å². The lowest BCUT2D eigenvalue weighted by molar-refractivity contribution is 0.377. The van der Waals surface area contributed by atoms with E-state index in [2.05, 4.69) is 10.3 Å². The van der Waals surface area contributed by atoms with Crippen molar-refractivity contribution < 1.29 is 4.39 Å². The van der Waals surface area contributed by atoms with Gasteiger partial charge in [0.1, 0.15) is 5.82 Å². The molecule has 3 heteroatoms. The molecule has 0 aliphatic carbocycles. The Morgan fingerprint density at radius 3 is 2.86 bits per heavy atom. The Morgan fingerprint density at radius 2 is 2.14 bits per heavy atom. The fraction of sp³-hybridized carbons (Fsp3) is 0.273. The lowest BCUT2D eigenvalue weighted by atomic mass is 10.0. The Morgan fingerprint density at radius 1 is 1.29 bits per heavy atom. The zero-order valence-electron chi connectivity index (χ0n) is 7.68. The van der Waals surface area contributed by atoms with Gasteiger partial charge in [-0.2, -0.15) is 0 Å². The second-order valence-electron chi connectivity index (χ2n) is 3.75. The van der Waals surface area contributed by atoms with Crippen molar-refractivity contribution in [3.8, 4) is 0 Å². The van der Waals surface area contributed by atoms with Crippen molar-refractivity contribution >= 4 is 10.9 Å². The number of hydrogen-bond acceptors (Lipinski definition) is 1. The number of halogens is 1. The summed E-state index contributed by atoms with van der Waals surface area (Å²) in [6.07, 6.45) is 1.16. The average molecular weight is 190 g/mol. The fourth-order valence-corrected chi connectivity index (χ4v) is 1.87. The SMILES string of the molecule is Fc1ccc2[nH]c(C3CCN3)cc2c1. The Balaban J connectivity index is 2.10. The van der Waals surface area contributed by atoms with Gasteiger partial charge in [-0.3, -0.25) is 0 Å². The van der Waals surface area contributed by atoms with Crippen LogP contribution in [0, 0.1) is 5.82 Å². The van der Waals surface area contributed by atoms with Gasteiger partial charge in [-0.05, 0) is 37.2 Å². The number of aromatic amines is 1. The Labute approximate surface area is 81.1 Å². The molecule has 0 saturated carbocycles. The van der Waals surface area contributed by atoms with Gasteiger partial charge in [0.2, 0.25) is 0 Å². The van der Waals surface area contributed by atoms with E-state index in [4.69, 9.17) is 0 Å². The van der Waals surface area contributed by atoms with Gasteiger partial charge < -0.3 is 10.3 Å². The van der Waals surface area contributed by atoms with Crippen molar-refractivity contribution in [2.24, 2.45) is 0 Å². The molecule has 3 rings (SSSR count). The molecule has 1 saturated heterocycles. The van der Waals surface area contributed by atoms with Crippen LogP contribution in [0.2, 0.25) is 0 Å². The van der Waals surface area contributed by atoms with Crippen LogP contribution in [0.4, 0.5) is 4.39 Å². The highest BCUT2D eigenvalue weighted by atomic mass is 19.1. The zero-order valence-corrected chi connectivity index (χ0v) is 7.68. The molecule has 1 aromatic carbocycles. The Bertz CT molecular complexity index is 471. The van der Waals surface area contributed by atoms with Gasteiger partial charge >= 0.3 is 0 Å². The lowest BCUT2D eigenvalue weighted by Gasteiger charge is -2.26. The smallest absolute Gasteiger partial charge is 0.123 e. The van der Waals surface area contributed by atoms with Crippen LogP contribution in [-0.4, -0.2) is 11.5 Å². The van der Waals surface area contributed by atoms with E-state index in [9.17, 15) is 4.39 Å². The van der Waals surface area contributed by atoms with Gasteiger partial charge in [-0.25, -0.2) is 4.39 Å². The maximum absolute atomic E-state index is 12.9. The van der Waals surface area contributed by atoms with Gasteiger partial charge in [0.25, 0.3) is 0 Å². The monoisotopic (exact) mass is 190 g/mol. The Hall–Kier alpha value is -1.35. The summed E-state index contributed by atoms with van der Waals surface area (Å²) in [6.45, 7) is 1.08. The highest BCUT2D eigenvalue weighted by molar-refractivity contribution is 5.80. The largest absolute Gasteiger partial charge is 0.357 e. The Kier molecular flexibility index (Phi) is 1.61. The first-order valence-corrected chi connectivity index (χ1v) is 4.84. The normalized spacial score (nSPS) is 21.1. The third-order valence-corrected chi connectivity index (χ3v) is 2.80. The van der Waals surface area contributed by atoms with Crippen LogP contribution in [0.15, 0.2) is 24.3 Å². The van der Waals surface area contributed by atoms with Crippen LogP contribution in [0.3, 0.4) is 0 Å². The molecule has 1 aliphatic rings. The second-order valence-corrected chi connectivity index (χ2v) is 3.75. The number of H-pyrrole nitrogens is 1. The minimum atomic E-state index is -0.176. The first-order chi connectivity index (χ1) is 6.83. The third-order valence-electron chi connectivity index (χ3n) is 2.80. The number of nitrogens with one attached hydrogen (secondary N) is 2. The van der Waals surface area contributed by atoms with E-state index in [0.29, 0.717) is 6.04 Å². The van der Waals surface area contributed by atoms with E-state index < -0.39 is 0 Å². The van der Waals surface area contributed by atoms with Crippen LogP contribution >= 0.6 is 0 Å². The standard InChI is InChI=1S/C11H11FN2/c12-8-1-2-9-7(5-8)6-11(14-9)10-3-4-13-10/h1-2,5-6,10,13-14H,3-4H2. The predicted molar refractivity (Wildman–Crippen MR) is 53.6 cm³/mol. The number of fused-ring (bicyclic) bond motifs is 1. The van der Waals surface area contributed by atoms with Gasteiger partial charge in [0.15, 0.2) is 0 Å². The highest BCUT2D eigenvalue weighted by Gasteiger charge is 2.19. The molecule has 0 radical (unpaired) electrons. The first kappa shape index (κ1) is 8.00. The number of rotatable bonds is 1. The molecule has 1 fully saturated rings. The van der Waals surface area contributed by atoms with Crippen LogP contribution in [0.5, 0.6) is 0 Å². The van der Waals surface area contributed by atoms with Crippen molar-refractivity contribution in [2.45, 2.75) is 12.5 Å². The summed E-state index contributed by atoms with van der Waals surface area (Å²) in [5.74, 6) is -0.176. The summed E-state index contributed by atoms with van der Waals surface area (Å²) in [7, 11) is 0. The molecule has 0 spiro atoms. The van der Waals surface area contributed by atoms with Gasteiger partial charge in [0, 0.05) is 22.6 Å². The van der Waals surface area contributed by atoms with E-state index in [0.717, 1.165) is 29.6 Å². The second kappa shape index (κ2) is 2.82. The van der Waals surface area contributed by atoms with Gasteiger partial charge in [-0.1, -0.05) is 0 Å². The molecular formula is C11H11FN2. The van der Waals surface area contributed by atoms with Crippen LogP contribution in [0.25, 0.3) is 10.9 Å². The highest BCUT2D eigenvalue weighted by Crippen LogP contribution is 2.26. The molecule has 1 aromatic heterocycles. The van der Waals surface area contributed by atoms with Crippen molar-refractivity contribution in [2.75, 3.05) is 6.54 Å². The lowest BCUT2D eigenvalue weighted by Crippen LogP contribution is -2.35. The van der Waals surface area contributed by atoms with Crippen molar-refractivity contribution in [1.29, 1.82) is 0 Å². The van der Waals surface area contributed by atoms with Gasteiger partial charge in [-0.15, -0.1) is 0 Å². The summed E-state index contributed by atoms with van der Waals surface area (Å²) in [6, 6.07) is 7.29. The average Bonchev–Trinajstić information content (AvgIpc) is 2.43. The molecule has 0 amide bonds. The van der Waals surface area contributed by atoms with Crippen LogP contribution in [-0.2, 0) is 0 Å². The zero-order chi connectivity index (χ0) is 9.54. The number of hydrogen-bond donors (Lipinski definition) is 2. The van der Waals surface area contributed by atoms with E-state index in [1.807, 2.05) is 6.07 Å². The quantitative estimate of drug-likeness (QED) is 0.709. The van der Waals surface area contributed by atoms with E-state index >= 15 is 0 Å². The molecule has 2 nitrogen and oxygen atoms in total. The maximum atomic E-state index is 12.9. The van der Waals surface area contributed by atoms with Crippen molar-refractivity contribution in [1.82, 2.24) is 10.3 Å². The summed E-state index contributed by atoms with van der Waals surface area (Å²) >= 11 is 0. The molecule has 2 N–H and O–H groups in total. The summed E-state index contributed by atoms with van der Waals surface area (Å²) in [5.41, 5.74) is 2.17. The minimum absolute atomic E-state index is 0.176. The van der Waals surface area contributed by atoms with Gasteiger partial charge in [0.05, 0.1) is 0 Å². The van der Waals surface area contributed by atoms with E-state index in [-0.39, 0.29) is 5.82 Å². The molecule has 1 unspecified atom stereocenters. The van der Waals surface area contributed by atoms with E-state index in [1.54, 1.807) is 12.1 Å². The maximum Gasteiger partial charge on any atom is 0.123 e. The summed E-state index contributed by atoms with van der Waals surface area (Å²) < 4.78 is 12.9. The molecule has 0 bridgehead atoms. The van der Waals surface area contributed by atoms with Crippen LogP contribution in [0.1, 0.15) is 18.2 Å². The summed E-state index contributed by atoms with van der Waals surface area (Å²) in [5, 5.41) is 4.26. The topological polar surface area (TPSA) is 27.8 Å². The predicted octanol–water partition coefficient (Wildman–Crippen LogP) is 2.34. The fourth-order valence-electron chi connectivity index (χ4n) is 1.87. The molecule has 72 valence electrons. The molecule has 2 heterocycles. The number of benzene rings is 1. The minimum Gasteiger partial charge on any atom is -0.357 e. The summed E-state index contributed by atoms with van der Waals surface area (Å²) in [4.78, 5) is 3.30. The third kappa shape index (κ3) is 1.13. The first-order valence-electron chi connectivity index (χ1n) is 4.84.